The summed E-state index contributed by atoms with van der Waals surface area (Å²) in [6.07, 6.45) is 6.29. The molecule has 0 fully saturated rings. The third-order valence-electron chi connectivity index (χ3n) is 2.72. The number of pyridine rings is 1. The molecule has 0 atom stereocenters. The minimum Gasteiger partial charge on any atom is -0.352 e. The Labute approximate surface area is 106 Å². The van der Waals surface area contributed by atoms with E-state index in [9.17, 15) is 4.79 Å². The molecule has 0 radical (unpaired) electrons. The zero-order valence-corrected chi connectivity index (χ0v) is 10.8. The zero-order valence-electron chi connectivity index (χ0n) is 10.8. The van der Waals surface area contributed by atoms with E-state index in [-0.39, 0.29) is 5.91 Å². The number of imidazole rings is 1. The molecule has 0 spiro atoms. The van der Waals surface area contributed by atoms with Gasteiger partial charge in [0.1, 0.15) is 5.65 Å². The second-order valence-electron chi connectivity index (χ2n) is 4.52. The smallest absolute Gasteiger partial charge is 0.252 e. The van der Waals surface area contributed by atoms with Crippen molar-refractivity contribution < 1.29 is 4.79 Å². The van der Waals surface area contributed by atoms with E-state index < -0.39 is 0 Å². The lowest BCUT2D eigenvalue weighted by Crippen LogP contribution is -2.27. The number of amides is 1. The zero-order chi connectivity index (χ0) is 13.0. The number of nitrogens with zero attached hydrogens (tertiary/aromatic N) is 3. The third kappa shape index (κ3) is 3.07. The van der Waals surface area contributed by atoms with Crippen LogP contribution in [0.3, 0.4) is 0 Å². The summed E-state index contributed by atoms with van der Waals surface area (Å²) in [6, 6.07) is 3.64. The van der Waals surface area contributed by atoms with Crippen molar-refractivity contribution >= 4 is 11.6 Å². The molecule has 0 aliphatic heterocycles. The first-order chi connectivity index (χ1) is 8.66. The van der Waals surface area contributed by atoms with Crippen molar-refractivity contribution in [2.24, 2.45) is 0 Å². The Bertz CT molecular complexity index is 533. The number of nitrogens with one attached hydrogen (secondary N) is 1. The number of carbonyl (C=O) groups is 1. The Morgan fingerprint density at radius 2 is 2.28 bits per heavy atom. The highest BCUT2D eigenvalue weighted by atomic mass is 16.1. The van der Waals surface area contributed by atoms with E-state index in [0.717, 1.165) is 18.6 Å². The van der Waals surface area contributed by atoms with Crippen molar-refractivity contribution in [3.05, 3.63) is 36.3 Å². The number of hydrogen-bond donors (Lipinski definition) is 1. The van der Waals surface area contributed by atoms with E-state index in [1.807, 2.05) is 30.8 Å². The molecular formula is C13H18N4O. The maximum atomic E-state index is 11.9. The highest BCUT2D eigenvalue weighted by Gasteiger charge is 2.05. The van der Waals surface area contributed by atoms with E-state index in [4.69, 9.17) is 0 Å². The highest BCUT2D eigenvalue weighted by molar-refractivity contribution is 5.94. The molecule has 0 bridgehead atoms. The van der Waals surface area contributed by atoms with E-state index in [0.29, 0.717) is 12.1 Å². The predicted molar refractivity (Wildman–Crippen MR) is 70.7 cm³/mol. The molecule has 1 amide bonds. The van der Waals surface area contributed by atoms with Crippen LogP contribution in [0.2, 0.25) is 0 Å². The molecule has 0 saturated heterocycles. The van der Waals surface area contributed by atoms with Gasteiger partial charge in [0.05, 0.1) is 5.56 Å². The summed E-state index contributed by atoms with van der Waals surface area (Å²) in [6.45, 7) is 1.67. The quantitative estimate of drug-likeness (QED) is 0.801. The van der Waals surface area contributed by atoms with Gasteiger partial charge in [0.25, 0.3) is 5.91 Å². The van der Waals surface area contributed by atoms with Crippen molar-refractivity contribution in [2.75, 3.05) is 27.2 Å². The van der Waals surface area contributed by atoms with Crippen molar-refractivity contribution in [1.29, 1.82) is 0 Å². The van der Waals surface area contributed by atoms with E-state index >= 15 is 0 Å². The summed E-state index contributed by atoms with van der Waals surface area (Å²) >= 11 is 0. The summed E-state index contributed by atoms with van der Waals surface area (Å²) in [4.78, 5) is 18.1. The molecule has 1 N–H and O–H groups in total. The van der Waals surface area contributed by atoms with Gasteiger partial charge in [0, 0.05) is 25.1 Å². The standard InChI is InChI=1S/C13H18N4O/c1-16(2)8-3-6-15-13(18)11-4-5-12-14-7-9-17(12)10-11/h4-5,7,9-10H,3,6,8H2,1-2H3,(H,15,18). The van der Waals surface area contributed by atoms with Crippen LogP contribution in [0.5, 0.6) is 0 Å². The molecule has 0 aromatic carbocycles. The molecule has 0 unspecified atom stereocenters. The Morgan fingerprint density at radius 3 is 3.06 bits per heavy atom. The van der Waals surface area contributed by atoms with E-state index in [2.05, 4.69) is 15.2 Å². The van der Waals surface area contributed by atoms with Crippen LogP contribution in [0.25, 0.3) is 5.65 Å². The third-order valence-corrected chi connectivity index (χ3v) is 2.72. The van der Waals surface area contributed by atoms with Gasteiger partial charge < -0.3 is 14.6 Å². The summed E-state index contributed by atoms with van der Waals surface area (Å²) in [7, 11) is 4.05. The molecule has 0 aliphatic carbocycles. The SMILES string of the molecule is CN(C)CCCNC(=O)c1ccc2nccn2c1. The van der Waals surface area contributed by atoms with Gasteiger partial charge in [-0.3, -0.25) is 4.79 Å². The van der Waals surface area contributed by atoms with E-state index in [1.54, 1.807) is 18.5 Å². The van der Waals surface area contributed by atoms with Crippen LogP contribution in [0.4, 0.5) is 0 Å². The second-order valence-corrected chi connectivity index (χ2v) is 4.52. The fourth-order valence-corrected chi connectivity index (χ4v) is 1.75. The highest BCUT2D eigenvalue weighted by Crippen LogP contribution is 2.04. The second kappa shape index (κ2) is 5.64. The molecule has 2 heterocycles. The average molecular weight is 246 g/mol. The van der Waals surface area contributed by atoms with Gasteiger partial charge in [-0.15, -0.1) is 0 Å². The van der Waals surface area contributed by atoms with Gasteiger partial charge in [-0.1, -0.05) is 0 Å². The topological polar surface area (TPSA) is 49.6 Å². The number of rotatable bonds is 5. The normalized spacial score (nSPS) is 11.1. The van der Waals surface area contributed by atoms with Crippen LogP contribution in [-0.2, 0) is 0 Å². The largest absolute Gasteiger partial charge is 0.352 e. The molecule has 5 nitrogen and oxygen atoms in total. The van der Waals surface area contributed by atoms with Gasteiger partial charge in [-0.25, -0.2) is 4.98 Å². The molecule has 2 aromatic heterocycles. The molecule has 0 saturated carbocycles. The monoisotopic (exact) mass is 246 g/mol. The maximum Gasteiger partial charge on any atom is 0.252 e. The Morgan fingerprint density at radius 1 is 1.44 bits per heavy atom. The first kappa shape index (κ1) is 12.6. The van der Waals surface area contributed by atoms with Gasteiger partial charge in [0.15, 0.2) is 0 Å². The molecule has 0 aliphatic rings. The molecule has 2 rings (SSSR count). The Kier molecular flexibility index (Phi) is 3.94. The van der Waals surface area contributed by atoms with Crippen LogP contribution in [0, 0.1) is 0 Å². The predicted octanol–water partition coefficient (Wildman–Crippen LogP) is 1.02. The minimum atomic E-state index is -0.0376. The molecule has 18 heavy (non-hydrogen) atoms. The minimum absolute atomic E-state index is 0.0376. The van der Waals surface area contributed by atoms with Gasteiger partial charge >= 0.3 is 0 Å². The number of aromatic nitrogens is 2. The molecular weight excluding hydrogens is 228 g/mol. The van der Waals surface area contributed by atoms with Crippen LogP contribution in [0.15, 0.2) is 30.7 Å². The number of fused-ring (bicyclic) bond motifs is 1. The Hall–Kier alpha value is -1.88. The lowest BCUT2D eigenvalue weighted by Gasteiger charge is -2.10. The summed E-state index contributed by atoms with van der Waals surface area (Å²) in [5.41, 5.74) is 1.50. The van der Waals surface area contributed by atoms with Crippen LogP contribution < -0.4 is 5.32 Å². The van der Waals surface area contributed by atoms with Crippen molar-refractivity contribution in [1.82, 2.24) is 19.6 Å². The first-order valence-corrected chi connectivity index (χ1v) is 6.02. The fraction of sp³-hybridized carbons (Fsp3) is 0.385. The van der Waals surface area contributed by atoms with Gasteiger partial charge in [-0.05, 0) is 39.2 Å². The first-order valence-electron chi connectivity index (χ1n) is 6.02. The van der Waals surface area contributed by atoms with E-state index in [1.165, 1.54) is 0 Å². The van der Waals surface area contributed by atoms with Crippen molar-refractivity contribution in [3.63, 3.8) is 0 Å². The summed E-state index contributed by atoms with van der Waals surface area (Å²) in [5.74, 6) is -0.0376. The van der Waals surface area contributed by atoms with Crippen molar-refractivity contribution in [2.45, 2.75) is 6.42 Å². The average Bonchev–Trinajstić information content (AvgIpc) is 2.81. The fourth-order valence-electron chi connectivity index (χ4n) is 1.75. The van der Waals surface area contributed by atoms with Crippen LogP contribution in [0.1, 0.15) is 16.8 Å². The number of hydrogen-bond acceptors (Lipinski definition) is 3. The summed E-state index contributed by atoms with van der Waals surface area (Å²) in [5, 5.41) is 2.91. The summed E-state index contributed by atoms with van der Waals surface area (Å²) < 4.78 is 1.84. The lowest BCUT2D eigenvalue weighted by molar-refractivity contribution is 0.0952. The van der Waals surface area contributed by atoms with Gasteiger partial charge in [0.2, 0.25) is 0 Å². The molecule has 96 valence electrons. The Balaban J connectivity index is 1.92. The lowest BCUT2D eigenvalue weighted by atomic mass is 10.2. The maximum absolute atomic E-state index is 11.9. The van der Waals surface area contributed by atoms with Gasteiger partial charge in [-0.2, -0.15) is 0 Å². The van der Waals surface area contributed by atoms with Crippen molar-refractivity contribution in [3.8, 4) is 0 Å². The number of carbonyl (C=O) groups excluding carboxylic acids is 1. The van der Waals surface area contributed by atoms with Crippen LogP contribution >= 0.6 is 0 Å². The van der Waals surface area contributed by atoms with Crippen LogP contribution in [-0.4, -0.2) is 47.4 Å². The molecule has 2 aromatic rings. The molecule has 5 heteroatoms.